The third-order valence-corrected chi connectivity index (χ3v) is 4.31. The van der Waals surface area contributed by atoms with E-state index in [0.717, 1.165) is 25.9 Å². The number of aromatic nitrogens is 2. The third kappa shape index (κ3) is 5.58. The van der Waals surface area contributed by atoms with Crippen LogP contribution in [0.2, 0.25) is 5.28 Å². The minimum Gasteiger partial charge on any atom is -0.444 e. The summed E-state index contributed by atoms with van der Waals surface area (Å²) in [6, 6.07) is -0.299. The molecule has 1 fully saturated rings. The Kier molecular flexibility index (Phi) is 6.22. The van der Waals surface area contributed by atoms with Gasteiger partial charge in [-0.05, 0) is 73.6 Å². The number of piperidine rings is 1. The van der Waals surface area contributed by atoms with Gasteiger partial charge < -0.3 is 15.4 Å². The monoisotopic (exact) mass is 404 g/mol. The van der Waals surface area contributed by atoms with Crippen molar-refractivity contribution in [2.45, 2.75) is 45.3 Å². The number of ether oxygens (including phenoxy) is 1. The number of nitrogens with one attached hydrogen (secondary N) is 2. The van der Waals surface area contributed by atoms with Crippen molar-refractivity contribution in [2.24, 2.45) is 5.92 Å². The minimum absolute atomic E-state index is 0.156. The molecular weight excluding hydrogens is 384 g/mol. The van der Waals surface area contributed by atoms with Crippen LogP contribution in [0.1, 0.15) is 45.3 Å². The van der Waals surface area contributed by atoms with Crippen molar-refractivity contribution in [1.82, 2.24) is 20.6 Å². The predicted octanol–water partition coefficient (Wildman–Crippen LogP) is 3.46. The molecule has 0 radical (unpaired) electrons. The van der Waals surface area contributed by atoms with Gasteiger partial charge in [0, 0.05) is 12.7 Å². The van der Waals surface area contributed by atoms with Gasteiger partial charge in [0.05, 0.1) is 16.2 Å². The molecule has 0 aliphatic carbocycles. The zero-order chi connectivity index (χ0) is 17.0. The van der Waals surface area contributed by atoms with Gasteiger partial charge in [-0.2, -0.15) is 0 Å². The number of hydrogen-bond donors (Lipinski definition) is 2. The summed E-state index contributed by atoms with van der Waals surface area (Å²) in [4.78, 5) is 20.5. The molecule has 1 aromatic rings. The first kappa shape index (κ1) is 18.4. The summed E-state index contributed by atoms with van der Waals surface area (Å²) in [6.07, 6.45) is 3.18. The fraction of sp³-hybridized carbons (Fsp3) is 0.667. The van der Waals surface area contributed by atoms with E-state index in [4.69, 9.17) is 16.3 Å². The van der Waals surface area contributed by atoms with Gasteiger partial charge in [-0.25, -0.2) is 14.8 Å². The number of amides is 1. The van der Waals surface area contributed by atoms with Crippen molar-refractivity contribution in [3.05, 3.63) is 21.6 Å². The van der Waals surface area contributed by atoms with Crippen LogP contribution in [-0.4, -0.2) is 34.8 Å². The van der Waals surface area contributed by atoms with Crippen molar-refractivity contribution < 1.29 is 9.53 Å². The average molecular weight is 406 g/mol. The lowest BCUT2D eigenvalue weighted by Gasteiger charge is -2.32. The van der Waals surface area contributed by atoms with E-state index >= 15 is 0 Å². The second-order valence-electron chi connectivity index (χ2n) is 6.60. The first-order valence-corrected chi connectivity index (χ1v) is 8.81. The van der Waals surface area contributed by atoms with E-state index in [1.54, 1.807) is 6.20 Å². The van der Waals surface area contributed by atoms with Crippen LogP contribution < -0.4 is 10.6 Å². The summed E-state index contributed by atoms with van der Waals surface area (Å²) in [5.41, 5.74) is 0.115. The van der Waals surface area contributed by atoms with Crippen LogP contribution in [-0.2, 0) is 4.74 Å². The summed E-state index contributed by atoms with van der Waals surface area (Å²) in [5, 5.41) is 6.46. The molecule has 8 heteroatoms. The molecule has 23 heavy (non-hydrogen) atoms. The molecule has 0 saturated carbocycles. The Balaban J connectivity index is 2.24. The lowest BCUT2D eigenvalue weighted by molar-refractivity contribution is 0.0477. The SMILES string of the molecule is CC(C)(C)OC(=O)NC(c1nc(Cl)ncc1Br)C1CCCNC1. The summed E-state index contributed by atoms with van der Waals surface area (Å²) < 4.78 is 6.10. The van der Waals surface area contributed by atoms with Crippen LogP contribution in [0, 0.1) is 5.92 Å². The van der Waals surface area contributed by atoms with E-state index in [-0.39, 0.29) is 17.2 Å². The maximum absolute atomic E-state index is 12.2. The molecule has 1 aromatic heterocycles. The number of alkyl carbamates (subject to hydrolysis) is 1. The van der Waals surface area contributed by atoms with Crippen LogP contribution >= 0.6 is 27.5 Å². The summed E-state index contributed by atoms with van der Waals surface area (Å²) in [6.45, 7) is 7.29. The van der Waals surface area contributed by atoms with Gasteiger partial charge in [0.15, 0.2) is 0 Å². The molecule has 1 amide bonds. The first-order chi connectivity index (χ1) is 10.8. The number of nitrogens with zero attached hydrogens (tertiary/aromatic N) is 2. The zero-order valence-electron chi connectivity index (χ0n) is 13.5. The van der Waals surface area contributed by atoms with Gasteiger partial charge in [-0.1, -0.05) is 0 Å². The molecule has 1 aliphatic rings. The Morgan fingerprint density at radius 1 is 1.57 bits per heavy atom. The van der Waals surface area contributed by atoms with Gasteiger partial charge in [0.2, 0.25) is 5.28 Å². The maximum atomic E-state index is 12.2. The van der Waals surface area contributed by atoms with Crippen LogP contribution in [0.25, 0.3) is 0 Å². The van der Waals surface area contributed by atoms with Crippen molar-refractivity contribution in [1.29, 1.82) is 0 Å². The molecule has 0 spiro atoms. The molecule has 6 nitrogen and oxygen atoms in total. The number of carbonyl (C=O) groups is 1. The quantitative estimate of drug-likeness (QED) is 0.753. The van der Waals surface area contributed by atoms with E-state index in [2.05, 4.69) is 36.5 Å². The summed E-state index contributed by atoms with van der Waals surface area (Å²) in [5.74, 6) is 0.207. The average Bonchev–Trinajstić information content (AvgIpc) is 2.47. The van der Waals surface area contributed by atoms with Crippen molar-refractivity contribution >= 4 is 33.6 Å². The Morgan fingerprint density at radius 2 is 2.30 bits per heavy atom. The van der Waals surface area contributed by atoms with Crippen LogP contribution in [0.15, 0.2) is 10.7 Å². The molecule has 2 rings (SSSR count). The molecule has 2 N–H and O–H groups in total. The largest absolute Gasteiger partial charge is 0.444 e. The van der Waals surface area contributed by atoms with E-state index in [1.807, 2.05) is 20.8 Å². The maximum Gasteiger partial charge on any atom is 0.408 e. The van der Waals surface area contributed by atoms with Crippen LogP contribution in [0.5, 0.6) is 0 Å². The Morgan fingerprint density at radius 3 is 2.91 bits per heavy atom. The normalized spacial score (nSPS) is 20.0. The van der Waals surface area contributed by atoms with Crippen molar-refractivity contribution in [3.8, 4) is 0 Å². The lowest BCUT2D eigenvalue weighted by atomic mass is 9.89. The minimum atomic E-state index is -0.556. The third-order valence-electron chi connectivity index (χ3n) is 3.52. The molecular formula is C15H22BrClN4O2. The Labute approximate surface area is 149 Å². The molecule has 128 valence electrons. The van der Waals surface area contributed by atoms with Gasteiger partial charge in [-0.3, -0.25) is 0 Å². The molecule has 1 aliphatic heterocycles. The highest BCUT2D eigenvalue weighted by molar-refractivity contribution is 9.10. The van der Waals surface area contributed by atoms with E-state index < -0.39 is 11.7 Å². The number of hydrogen-bond acceptors (Lipinski definition) is 5. The second-order valence-corrected chi connectivity index (χ2v) is 7.79. The van der Waals surface area contributed by atoms with E-state index in [1.165, 1.54) is 0 Å². The van der Waals surface area contributed by atoms with E-state index in [9.17, 15) is 4.79 Å². The Hall–Kier alpha value is -0.920. The fourth-order valence-electron chi connectivity index (χ4n) is 2.58. The summed E-state index contributed by atoms with van der Waals surface area (Å²) in [7, 11) is 0. The molecule has 1 saturated heterocycles. The van der Waals surface area contributed by atoms with Gasteiger partial charge in [0.25, 0.3) is 0 Å². The molecule has 0 bridgehead atoms. The van der Waals surface area contributed by atoms with Crippen molar-refractivity contribution in [3.63, 3.8) is 0 Å². The first-order valence-electron chi connectivity index (χ1n) is 7.64. The topological polar surface area (TPSA) is 76.1 Å². The fourth-order valence-corrected chi connectivity index (χ4v) is 3.16. The van der Waals surface area contributed by atoms with Gasteiger partial charge in [0.1, 0.15) is 5.60 Å². The molecule has 0 aromatic carbocycles. The second kappa shape index (κ2) is 7.77. The van der Waals surface area contributed by atoms with Gasteiger partial charge >= 0.3 is 6.09 Å². The number of carbonyl (C=O) groups excluding carboxylic acids is 1. The number of rotatable bonds is 3. The zero-order valence-corrected chi connectivity index (χ0v) is 15.9. The highest BCUT2D eigenvalue weighted by Gasteiger charge is 2.31. The highest BCUT2D eigenvalue weighted by atomic mass is 79.9. The van der Waals surface area contributed by atoms with Crippen LogP contribution in [0.4, 0.5) is 4.79 Å². The van der Waals surface area contributed by atoms with Crippen molar-refractivity contribution in [2.75, 3.05) is 13.1 Å². The summed E-state index contributed by atoms with van der Waals surface area (Å²) >= 11 is 9.39. The van der Waals surface area contributed by atoms with Gasteiger partial charge in [-0.15, -0.1) is 0 Å². The molecule has 2 atom stereocenters. The number of halogens is 2. The van der Waals surface area contributed by atoms with Crippen LogP contribution in [0.3, 0.4) is 0 Å². The van der Waals surface area contributed by atoms with E-state index in [0.29, 0.717) is 10.2 Å². The predicted molar refractivity (Wildman–Crippen MR) is 92.4 cm³/mol. The molecule has 2 heterocycles. The molecule has 2 unspecified atom stereocenters. The lowest BCUT2D eigenvalue weighted by Crippen LogP contribution is -2.43. The highest BCUT2D eigenvalue weighted by Crippen LogP contribution is 2.31. The Bertz CT molecular complexity index is 559. The standard InChI is InChI=1S/C15H22BrClN4O2/c1-15(2,3)23-14(22)21-11(9-5-4-6-18-7-9)12-10(16)8-19-13(17)20-12/h8-9,11,18H,4-7H2,1-3H3,(H,21,22). The smallest absolute Gasteiger partial charge is 0.408 e.